The van der Waals surface area contributed by atoms with Crippen molar-refractivity contribution in [3.63, 3.8) is 0 Å². The first kappa shape index (κ1) is 22.9. The van der Waals surface area contributed by atoms with Gasteiger partial charge in [0, 0.05) is 45.6 Å². The molecule has 0 radical (unpaired) electrons. The van der Waals surface area contributed by atoms with Crippen LogP contribution in [0.25, 0.3) is 33.1 Å². The second-order valence-corrected chi connectivity index (χ2v) is 9.61. The first-order valence-electron chi connectivity index (χ1n) is 10.6. The maximum Gasteiger partial charge on any atom is 0.252 e. The van der Waals surface area contributed by atoms with Gasteiger partial charge in [0.2, 0.25) is 0 Å². The Morgan fingerprint density at radius 1 is 1.00 bits per heavy atom. The number of hydrogen-bond donors (Lipinski definition) is 3. The molecule has 0 atom stereocenters. The largest absolute Gasteiger partial charge is 0.360 e. The van der Waals surface area contributed by atoms with Gasteiger partial charge in [-0.2, -0.15) is 0 Å². The van der Waals surface area contributed by atoms with Gasteiger partial charge in [0.1, 0.15) is 0 Å². The number of aromatic nitrogens is 2. The summed E-state index contributed by atoms with van der Waals surface area (Å²) in [7, 11) is 0. The number of nitrogens with two attached hydrogens (primary N) is 1. The van der Waals surface area contributed by atoms with Gasteiger partial charge in [-0.1, -0.05) is 69.5 Å². The molecule has 1 amide bonds. The molecule has 0 fully saturated rings. The molecule has 2 aromatic heterocycles. The molecule has 0 aliphatic carbocycles. The van der Waals surface area contributed by atoms with Gasteiger partial charge in [0.25, 0.3) is 5.91 Å². The van der Waals surface area contributed by atoms with Crippen molar-refractivity contribution in [1.29, 1.82) is 0 Å². The quantitative estimate of drug-likeness (QED) is 0.223. The summed E-state index contributed by atoms with van der Waals surface area (Å²) in [6, 6.07) is 19.0. The van der Waals surface area contributed by atoms with Gasteiger partial charge in [0.15, 0.2) is 0 Å². The highest BCUT2D eigenvalue weighted by Crippen LogP contribution is 2.36. The van der Waals surface area contributed by atoms with E-state index in [2.05, 4.69) is 26.2 Å². The molecule has 34 heavy (non-hydrogen) atoms. The molecule has 5 aromatic rings. The van der Waals surface area contributed by atoms with Crippen LogP contribution in [0.4, 0.5) is 0 Å². The lowest BCUT2D eigenvalue weighted by Crippen LogP contribution is -2.23. The van der Waals surface area contributed by atoms with Crippen LogP contribution in [0.1, 0.15) is 21.5 Å². The van der Waals surface area contributed by atoms with E-state index in [1.807, 2.05) is 48.7 Å². The summed E-state index contributed by atoms with van der Waals surface area (Å²) in [5.41, 5.74) is 11.1. The Morgan fingerprint density at radius 3 is 2.53 bits per heavy atom. The van der Waals surface area contributed by atoms with Crippen molar-refractivity contribution in [1.82, 2.24) is 15.3 Å². The summed E-state index contributed by atoms with van der Waals surface area (Å²) in [4.78, 5) is 21.4. The van der Waals surface area contributed by atoms with Gasteiger partial charge >= 0.3 is 0 Å². The average molecular weight is 554 g/mol. The summed E-state index contributed by atoms with van der Waals surface area (Å²) in [6.07, 6.45) is 1.88. The maximum absolute atomic E-state index is 13.3. The predicted molar refractivity (Wildman–Crippen MR) is 142 cm³/mol. The molecule has 170 valence electrons. The number of H-pyrrole nitrogens is 1. The van der Waals surface area contributed by atoms with Crippen LogP contribution in [-0.2, 0) is 13.1 Å². The van der Waals surface area contributed by atoms with Crippen LogP contribution in [0.3, 0.4) is 0 Å². The third-order valence-electron chi connectivity index (χ3n) is 5.75. The molecule has 0 bridgehead atoms. The number of hydrogen-bond acceptors (Lipinski definition) is 3. The first-order valence-corrected chi connectivity index (χ1v) is 12.1. The van der Waals surface area contributed by atoms with E-state index in [0.717, 1.165) is 32.1 Å². The number of amides is 1. The van der Waals surface area contributed by atoms with Crippen LogP contribution >= 0.6 is 39.1 Å². The molecule has 0 aliphatic heterocycles. The smallest absolute Gasteiger partial charge is 0.252 e. The van der Waals surface area contributed by atoms with Crippen LogP contribution < -0.4 is 11.1 Å². The predicted octanol–water partition coefficient (Wildman–Crippen LogP) is 6.84. The number of pyridine rings is 1. The van der Waals surface area contributed by atoms with Gasteiger partial charge in [0.05, 0.1) is 26.8 Å². The SMILES string of the molecule is NCc1ccc(CNC(=O)c2cc(-c3c[nH]c4ccc(Br)cc34)nc3c(Cl)c(Cl)ccc23)cc1. The Morgan fingerprint density at radius 2 is 1.76 bits per heavy atom. The summed E-state index contributed by atoms with van der Waals surface area (Å²) in [5.74, 6) is -0.226. The zero-order valence-corrected chi connectivity index (χ0v) is 20.9. The van der Waals surface area contributed by atoms with Gasteiger partial charge in [-0.15, -0.1) is 0 Å². The van der Waals surface area contributed by atoms with E-state index < -0.39 is 0 Å². The zero-order chi connectivity index (χ0) is 23.8. The Bertz CT molecular complexity index is 1550. The van der Waals surface area contributed by atoms with Gasteiger partial charge in [-0.05, 0) is 41.5 Å². The minimum Gasteiger partial charge on any atom is -0.360 e. The third kappa shape index (κ3) is 4.30. The molecule has 5 nitrogen and oxygen atoms in total. The van der Waals surface area contributed by atoms with E-state index in [1.165, 1.54) is 0 Å². The molecule has 3 aromatic carbocycles. The number of aromatic amines is 1. The fourth-order valence-electron chi connectivity index (χ4n) is 3.94. The molecular weight excluding hydrogens is 535 g/mol. The number of halogens is 3. The Kier molecular flexibility index (Phi) is 6.32. The maximum atomic E-state index is 13.3. The zero-order valence-electron chi connectivity index (χ0n) is 17.8. The summed E-state index contributed by atoms with van der Waals surface area (Å²) in [6.45, 7) is 0.857. The normalized spacial score (nSPS) is 11.3. The molecule has 0 unspecified atom stereocenters. The van der Waals surface area contributed by atoms with Crippen LogP contribution in [0.5, 0.6) is 0 Å². The Labute approximate surface area is 214 Å². The van der Waals surface area contributed by atoms with Crippen molar-refractivity contribution in [3.05, 3.63) is 98.1 Å². The van der Waals surface area contributed by atoms with Crippen LogP contribution in [0.2, 0.25) is 10.0 Å². The van der Waals surface area contributed by atoms with Crippen molar-refractivity contribution < 1.29 is 4.79 Å². The lowest BCUT2D eigenvalue weighted by molar-refractivity contribution is 0.0952. The number of benzene rings is 3. The van der Waals surface area contributed by atoms with Gasteiger partial charge < -0.3 is 16.0 Å². The van der Waals surface area contributed by atoms with Crippen molar-refractivity contribution >= 4 is 66.8 Å². The fraction of sp³-hybridized carbons (Fsp3) is 0.0769. The third-order valence-corrected chi connectivity index (χ3v) is 7.04. The molecule has 4 N–H and O–H groups in total. The van der Waals surface area contributed by atoms with Gasteiger partial charge in [-0.3, -0.25) is 4.79 Å². The number of carbonyl (C=O) groups is 1. The number of rotatable bonds is 5. The molecule has 2 heterocycles. The number of nitrogens with one attached hydrogen (secondary N) is 2. The number of nitrogens with zero attached hydrogens (tertiary/aromatic N) is 1. The molecule has 0 spiro atoms. The van der Waals surface area contributed by atoms with E-state index in [1.54, 1.807) is 18.2 Å². The molecule has 5 rings (SSSR count). The van der Waals surface area contributed by atoms with E-state index in [0.29, 0.717) is 45.3 Å². The standard InChI is InChI=1S/C26H19BrCl2N4O/c27-16-5-8-22-18(9-16)20(13-31-22)23-10-19(17-6-7-21(28)24(29)25(17)33-23)26(34)32-12-15-3-1-14(11-30)2-4-15/h1-10,13,31H,11-12,30H2,(H,32,34). The molecule has 8 heteroatoms. The molecular formula is C26H19BrCl2N4O. The van der Waals surface area contributed by atoms with Crippen molar-refractivity contribution in [3.8, 4) is 11.3 Å². The summed E-state index contributed by atoms with van der Waals surface area (Å²) in [5, 5.41) is 5.32. The summed E-state index contributed by atoms with van der Waals surface area (Å²) >= 11 is 16.3. The Hall–Kier alpha value is -2.90. The molecule has 0 saturated carbocycles. The lowest BCUT2D eigenvalue weighted by atomic mass is 10.0. The lowest BCUT2D eigenvalue weighted by Gasteiger charge is -2.12. The van der Waals surface area contributed by atoms with E-state index in [4.69, 9.17) is 33.9 Å². The van der Waals surface area contributed by atoms with Crippen LogP contribution in [0.15, 0.2) is 71.3 Å². The highest BCUT2D eigenvalue weighted by Gasteiger charge is 2.18. The average Bonchev–Trinajstić information content (AvgIpc) is 3.27. The molecule has 0 saturated heterocycles. The second-order valence-electron chi connectivity index (χ2n) is 7.91. The van der Waals surface area contributed by atoms with Crippen LogP contribution in [-0.4, -0.2) is 15.9 Å². The van der Waals surface area contributed by atoms with Crippen molar-refractivity contribution in [2.75, 3.05) is 0 Å². The van der Waals surface area contributed by atoms with E-state index in [9.17, 15) is 4.79 Å². The van der Waals surface area contributed by atoms with Crippen molar-refractivity contribution in [2.24, 2.45) is 5.73 Å². The topological polar surface area (TPSA) is 83.8 Å². The van der Waals surface area contributed by atoms with Crippen LogP contribution in [0, 0.1) is 0 Å². The minimum atomic E-state index is -0.226. The highest BCUT2D eigenvalue weighted by atomic mass is 79.9. The van der Waals surface area contributed by atoms with Gasteiger partial charge in [-0.25, -0.2) is 4.98 Å². The first-order chi connectivity index (χ1) is 16.4. The summed E-state index contributed by atoms with van der Waals surface area (Å²) < 4.78 is 0.946. The monoisotopic (exact) mass is 552 g/mol. The Balaban J connectivity index is 1.59. The molecule has 0 aliphatic rings. The van der Waals surface area contributed by atoms with E-state index >= 15 is 0 Å². The number of fused-ring (bicyclic) bond motifs is 2. The fourth-order valence-corrected chi connectivity index (χ4v) is 4.66. The highest BCUT2D eigenvalue weighted by molar-refractivity contribution is 9.10. The van der Waals surface area contributed by atoms with E-state index in [-0.39, 0.29) is 5.91 Å². The number of carbonyl (C=O) groups excluding carboxylic acids is 1. The van der Waals surface area contributed by atoms with Crippen molar-refractivity contribution in [2.45, 2.75) is 13.1 Å². The minimum absolute atomic E-state index is 0.226. The second kappa shape index (κ2) is 9.39.